The molecule has 0 aliphatic heterocycles. The van der Waals surface area contributed by atoms with Gasteiger partial charge < -0.3 is 10.4 Å². The van der Waals surface area contributed by atoms with Crippen LogP contribution in [0.1, 0.15) is 53.4 Å². The van der Waals surface area contributed by atoms with Crippen molar-refractivity contribution in [1.29, 1.82) is 0 Å². The highest BCUT2D eigenvalue weighted by molar-refractivity contribution is 4.70. The molecule has 0 heterocycles. The summed E-state index contributed by atoms with van der Waals surface area (Å²) in [4.78, 5) is 0. The predicted octanol–water partition coefficient (Wildman–Crippen LogP) is 2.56. The Hall–Kier alpha value is -0.0800. The Labute approximate surface area is 89.1 Å². The summed E-state index contributed by atoms with van der Waals surface area (Å²) in [5, 5.41) is 12.9. The second kappa shape index (κ2) is 8.25. The van der Waals surface area contributed by atoms with Gasteiger partial charge in [-0.15, -0.1) is 0 Å². The molecule has 0 aliphatic carbocycles. The van der Waals surface area contributed by atoms with Crippen molar-refractivity contribution in [1.82, 2.24) is 5.32 Å². The van der Waals surface area contributed by atoms with E-state index in [0.29, 0.717) is 6.04 Å². The zero-order valence-electron chi connectivity index (χ0n) is 10.2. The Morgan fingerprint density at radius 1 is 1.07 bits per heavy atom. The minimum atomic E-state index is -0.180. The number of nitrogens with one attached hydrogen (secondary N) is 1. The van der Waals surface area contributed by atoms with E-state index in [1.165, 1.54) is 12.8 Å². The first-order valence-corrected chi connectivity index (χ1v) is 6.05. The standard InChI is InChI=1S/C12H27NO/c1-5-10(4)8-11(6-2)13-9-12(14)7-3/h10-14H,5-9H2,1-4H3. The van der Waals surface area contributed by atoms with Crippen LogP contribution in [0, 0.1) is 5.92 Å². The van der Waals surface area contributed by atoms with Crippen LogP contribution in [0.5, 0.6) is 0 Å². The topological polar surface area (TPSA) is 32.3 Å². The summed E-state index contributed by atoms with van der Waals surface area (Å²) >= 11 is 0. The number of hydrogen-bond donors (Lipinski definition) is 2. The lowest BCUT2D eigenvalue weighted by molar-refractivity contribution is 0.160. The molecule has 14 heavy (non-hydrogen) atoms. The van der Waals surface area contributed by atoms with Crippen molar-refractivity contribution < 1.29 is 5.11 Å². The van der Waals surface area contributed by atoms with Gasteiger partial charge in [0.2, 0.25) is 0 Å². The maximum absolute atomic E-state index is 9.43. The number of aliphatic hydroxyl groups excluding tert-OH is 1. The summed E-state index contributed by atoms with van der Waals surface area (Å²) < 4.78 is 0. The van der Waals surface area contributed by atoms with Crippen molar-refractivity contribution in [3.05, 3.63) is 0 Å². The van der Waals surface area contributed by atoms with E-state index in [-0.39, 0.29) is 6.10 Å². The molecule has 2 nitrogen and oxygen atoms in total. The van der Waals surface area contributed by atoms with Crippen LogP contribution in [0.4, 0.5) is 0 Å². The Morgan fingerprint density at radius 2 is 1.71 bits per heavy atom. The molecule has 0 amide bonds. The third kappa shape index (κ3) is 6.39. The minimum Gasteiger partial charge on any atom is -0.392 e. The van der Waals surface area contributed by atoms with E-state index in [9.17, 15) is 5.11 Å². The van der Waals surface area contributed by atoms with Gasteiger partial charge in [-0.05, 0) is 25.2 Å². The number of rotatable bonds is 8. The van der Waals surface area contributed by atoms with Crippen LogP contribution < -0.4 is 5.32 Å². The monoisotopic (exact) mass is 201 g/mol. The van der Waals surface area contributed by atoms with E-state index >= 15 is 0 Å². The maximum atomic E-state index is 9.43. The number of hydrogen-bond acceptors (Lipinski definition) is 2. The van der Waals surface area contributed by atoms with Gasteiger partial charge in [-0.2, -0.15) is 0 Å². The smallest absolute Gasteiger partial charge is 0.0662 e. The highest BCUT2D eigenvalue weighted by Gasteiger charge is 2.11. The van der Waals surface area contributed by atoms with Crippen LogP contribution in [0.3, 0.4) is 0 Å². The predicted molar refractivity (Wildman–Crippen MR) is 62.5 cm³/mol. The SMILES string of the molecule is CCC(C)CC(CC)NCC(O)CC. The molecule has 3 atom stereocenters. The van der Waals surface area contributed by atoms with Crippen molar-refractivity contribution in [3.63, 3.8) is 0 Å². The van der Waals surface area contributed by atoms with E-state index < -0.39 is 0 Å². The summed E-state index contributed by atoms with van der Waals surface area (Å²) in [6.45, 7) is 9.49. The Kier molecular flexibility index (Phi) is 8.20. The molecule has 0 saturated heterocycles. The van der Waals surface area contributed by atoms with Crippen LogP contribution in [0.25, 0.3) is 0 Å². The van der Waals surface area contributed by atoms with E-state index in [1.807, 2.05) is 6.92 Å². The average Bonchev–Trinajstić information content (AvgIpc) is 2.22. The third-order valence-corrected chi connectivity index (χ3v) is 2.99. The van der Waals surface area contributed by atoms with Gasteiger partial charge in [0.25, 0.3) is 0 Å². The fraction of sp³-hybridized carbons (Fsp3) is 1.00. The highest BCUT2D eigenvalue weighted by Crippen LogP contribution is 2.11. The minimum absolute atomic E-state index is 0.180. The van der Waals surface area contributed by atoms with Crippen LogP contribution in [-0.2, 0) is 0 Å². The van der Waals surface area contributed by atoms with E-state index in [1.54, 1.807) is 0 Å². The van der Waals surface area contributed by atoms with Crippen LogP contribution in [0.15, 0.2) is 0 Å². The molecule has 86 valence electrons. The molecule has 3 unspecified atom stereocenters. The highest BCUT2D eigenvalue weighted by atomic mass is 16.3. The van der Waals surface area contributed by atoms with Gasteiger partial charge in [0.05, 0.1) is 6.10 Å². The molecule has 0 aromatic carbocycles. The van der Waals surface area contributed by atoms with E-state index in [2.05, 4.69) is 26.1 Å². The Morgan fingerprint density at radius 3 is 2.14 bits per heavy atom. The van der Waals surface area contributed by atoms with E-state index in [4.69, 9.17) is 0 Å². The summed E-state index contributed by atoms with van der Waals surface area (Å²) in [5.74, 6) is 0.784. The second-order valence-electron chi connectivity index (χ2n) is 4.32. The molecule has 0 rings (SSSR count). The van der Waals surface area contributed by atoms with Gasteiger partial charge in [-0.3, -0.25) is 0 Å². The molecule has 0 radical (unpaired) electrons. The zero-order chi connectivity index (χ0) is 11.0. The zero-order valence-corrected chi connectivity index (χ0v) is 10.2. The van der Waals surface area contributed by atoms with Gasteiger partial charge in [0.15, 0.2) is 0 Å². The van der Waals surface area contributed by atoms with Crippen molar-refractivity contribution in [2.75, 3.05) is 6.54 Å². The second-order valence-corrected chi connectivity index (χ2v) is 4.32. The molecular formula is C12H27NO. The first-order chi connectivity index (χ1) is 6.63. The molecule has 0 spiro atoms. The summed E-state index contributed by atoms with van der Waals surface area (Å²) in [6.07, 6.45) is 4.28. The lowest BCUT2D eigenvalue weighted by Gasteiger charge is -2.21. The summed E-state index contributed by atoms with van der Waals surface area (Å²) in [6, 6.07) is 0.575. The summed E-state index contributed by atoms with van der Waals surface area (Å²) in [5.41, 5.74) is 0. The largest absolute Gasteiger partial charge is 0.392 e. The third-order valence-electron chi connectivity index (χ3n) is 2.99. The normalized spacial score (nSPS) is 17.8. The van der Waals surface area contributed by atoms with Crippen LogP contribution >= 0.6 is 0 Å². The van der Waals surface area contributed by atoms with Gasteiger partial charge in [-0.1, -0.05) is 34.1 Å². The fourth-order valence-corrected chi connectivity index (χ4v) is 1.49. The molecule has 0 aromatic heterocycles. The molecule has 0 saturated carbocycles. The molecular weight excluding hydrogens is 174 g/mol. The van der Waals surface area contributed by atoms with Crippen molar-refractivity contribution in [3.8, 4) is 0 Å². The van der Waals surface area contributed by atoms with Crippen molar-refractivity contribution >= 4 is 0 Å². The molecule has 2 N–H and O–H groups in total. The quantitative estimate of drug-likeness (QED) is 0.632. The lowest BCUT2D eigenvalue weighted by Crippen LogP contribution is -2.36. The fourth-order valence-electron chi connectivity index (χ4n) is 1.49. The first kappa shape index (κ1) is 13.9. The van der Waals surface area contributed by atoms with Crippen molar-refractivity contribution in [2.45, 2.75) is 65.5 Å². The average molecular weight is 201 g/mol. The van der Waals surface area contributed by atoms with Gasteiger partial charge in [0.1, 0.15) is 0 Å². The van der Waals surface area contributed by atoms with Crippen molar-refractivity contribution in [2.24, 2.45) is 5.92 Å². The molecule has 0 fully saturated rings. The van der Waals surface area contributed by atoms with Gasteiger partial charge in [-0.25, -0.2) is 0 Å². The summed E-state index contributed by atoms with van der Waals surface area (Å²) in [7, 11) is 0. The molecule has 0 aromatic rings. The molecule has 0 bridgehead atoms. The lowest BCUT2D eigenvalue weighted by atomic mass is 9.97. The van der Waals surface area contributed by atoms with Gasteiger partial charge >= 0.3 is 0 Å². The molecule has 2 heteroatoms. The van der Waals surface area contributed by atoms with E-state index in [0.717, 1.165) is 25.3 Å². The van der Waals surface area contributed by atoms with Crippen LogP contribution in [-0.4, -0.2) is 23.8 Å². The number of aliphatic hydroxyl groups is 1. The molecule has 0 aliphatic rings. The first-order valence-electron chi connectivity index (χ1n) is 6.05. The Balaban J connectivity index is 3.68. The Bertz CT molecular complexity index is 127. The van der Waals surface area contributed by atoms with Crippen LogP contribution in [0.2, 0.25) is 0 Å². The van der Waals surface area contributed by atoms with Gasteiger partial charge in [0, 0.05) is 12.6 Å². The maximum Gasteiger partial charge on any atom is 0.0662 e.